The first-order valence-corrected chi connectivity index (χ1v) is 7.12. The molecule has 6 heteroatoms. The summed E-state index contributed by atoms with van der Waals surface area (Å²) < 4.78 is 14.0. The highest BCUT2D eigenvalue weighted by Gasteiger charge is 2.21. The fourth-order valence-electron chi connectivity index (χ4n) is 2.72. The summed E-state index contributed by atoms with van der Waals surface area (Å²) in [6.07, 6.45) is 4.42. The van der Waals surface area contributed by atoms with E-state index in [1.165, 1.54) is 12.1 Å². The molecule has 0 atom stereocenters. The molecule has 0 spiro atoms. The van der Waals surface area contributed by atoms with E-state index in [0.717, 1.165) is 37.2 Å². The number of benzene rings is 1. The Morgan fingerprint density at radius 3 is 2.43 bits per heavy atom. The van der Waals surface area contributed by atoms with Crippen molar-refractivity contribution in [2.24, 2.45) is 11.8 Å². The van der Waals surface area contributed by atoms with Gasteiger partial charge in [0, 0.05) is 0 Å². The molecule has 1 saturated carbocycles. The lowest BCUT2D eigenvalue weighted by Crippen LogP contribution is -2.39. The summed E-state index contributed by atoms with van der Waals surface area (Å²) in [5, 5.41) is 2.19. The number of hydrogen-bond donors (Lipinski definition) is 3. The van der Waals surface area contributed by atoms with Gasteiger partial charge in [-0.25, -0.2) is 10.2 Å². The lowest BCUT2D eigenvalue weighted by molar-refractivity contribution is -0.136. The zero-order valence-electron chi connectivity index (χ0n) is 12.0. The van der Waals surface area contributed by atoms with E-state index in [1.807, 2.05) is 0 Å². The van der Waals surface area contributed by atoms with E-state index in [2.05, 4.69) is 12.2 Å². The first kappa shape index (κ1) is 15.4. The normalized spacial score (nSPS) is 21.7. The summed E-state index contributed by atoms with van der Waals surface area (Å²) in [5.74, 6) is 3.41. The van der Waals surface area contributed by atoms with Crippen molar-refractivity contribution >= 4 is 17.5 Å². The second-order valence-electron chi connectivity index (χ2n) is 5.62. The number of halogens is 1. The first-order valence-electron chi connectivity index (χ1n) is 7.12. The average molecular weight is 293 g/mol. The molecule has 114 valence electrons. The van der Waals surface area contributed by atoms with E-state index < -0.39 is 17.6 Å². The van der Waals surface area contributed by atoms with Gasteiger partial charge in [0.05, 0.1) is 5.69 Å². The van der Waals surface area contributed by atoms with Crippen molar-refractivity contribution in [2.75, 3.05) is 5.32 Å². The van der Waals surface area contributed by atoms with E-state index in [4.69, 9.17) is 5.84 Å². The maximum absolute atomic E-state index is 14.0. The summed E-state index contributed by atoms with van der Waals surface area (Å²) in [6, 6.07) is 4.74. The lowest BCUT2D eigenvalue weighted by Gasteiger charge is -2.26. The van der Waals surface area contributed by atoms with E-state index in [1.54, 1.807) is 11.5 Å². The third kappa shape index (κ3) is 3.78. The first-order chi connectivity index (χ1) is 10.0. The minimum absolute atomic E-state index is 0.0171. The average Bonchev–Trinajstić information content (AvgIpc) is 2.49. The number of hydrazine groups is 1. The number of nitrogens with two attached hydrogens (primary N) is 1. The van der Waals surface area contributed by atoms with Crippen molar-refractivity contribution in [3.05, 3.63) is 29.6 Å². The Hall–Kier alpha value is -1.95. The predicted octanol–water partition coefficient (Wildman–Crippen LogP) is 2.05. The van der Waals surface area contributed by atoms with E-state index in [0.29, 0.717) is 5.92 Å². The molecular formula is C15H20FN3O2. The van der Waals surface area contributed by atoms with Crippen LogP contribution in [0, 0.1) is 11.7 Å². The van der Waals surface area contributed by atoms with Gasteiger partial charge >= 0.3 is 11.8 Å². The van der Waals surface area contributed by atoms with Gasteiger partial charge in [0.2, 0.25) is 0 Å². The third-order valence-corrected chi connectivity index (χ3v) is 4.07. The molecule has 4 N–H and O–H groups in total. The van der Waals surface area contributed by atoms with Gasteiger partial charge in [-0.2, -0.15) is 0 Å². The van der Waals surface area contributed by atoms with Crippen molar-refractivity contribution < 1.29 is 14.0 Å². The van der Waals surface area contributed by atoms with Crippen LogP contribution in [0.1, 0.15) is 44.1 Å². The third-order valence-electron chi connectivity index (χ3n) is 4.07. The largest absolute Gasteiger partial charge is 0.323 e. The van der Waals surface area contributed by atoms with Crippen LogP contribution in [0.4, 0.5) is 10.1 Å². The van der Waals surface area contributed by atoms with Gasteiger partial charge in [0.1, 0.15) is 5.82 Å². The Kier molecular flexibility index (Phi) is 4.90. The molecule has 1 aliphatic carbocycles. The molecule has 2 amide bonds. The summed E-state index contributed by atoms with van der Waals surface area (Å²) >= 11 is 0. The summed E-state index contributed by atoms with van der Waals surface area (Å²) in [5.41, 5.74) is 2.63. The number of rotatable bonds is 2. The van der Waals surface area contributed by atoms with Gasteiger partial charge in [-0.05, 0) is 42.4 Å². The number of nitrogens with one attached hydrogen (secondary N) is 2. The van der Waals surface area contributed by atoms with E-state index in [9.17, 15) is 14.0 Å². The quantitative estimate of drug-likeness (QED) is 0.338. The van der Waals surface area contributed by atoms with Crippen molar-refractivity contribution in [3.8, 4) is 0 Å². The van der Waals surface area contributed by atoms with Crippen LogP contribution in [0.5, 0.6) is 0 Å². The molecule has 1 aromatic carbocycles. The van der Waals surface area contributed by atoms with Crippen molar-refractivity contribution in [1.29, 1.82) is 0 Å². The topological polar surface area (TPSA) is 84.2 Å². The Bertz CT molecular complexity index is 540. The van der Waals surface area contributed by atoms with Crippen LogP contribution in [0.2, 0.25) is 0 Å². The van der Waals surface area contributed by atoms with Crippen LogP contribution < -0.4 is 16.6 Å². The standard InChI is InChI=1S/C15H20FN3O2/c1-9-2-4-10(5-3-9)11-6-7-13(12(16)8-11)18-14(20)15(21)19-17/h6-10H,2-5,17H2,1H3,(H,18,20)(H,19,21). The summed E-state index contributed by atoms with van der Waals surface area (Å²) in [7, 11) is 0. The van der Waals surface area contributed by atoms with Crippen molar-refractivity contribution in [1.82, 2.24) is 5.43 Å². The molecule has 2 rings (SSSR count). The summed E-state index contributed by atoms with van der Waals surface area (Å²) in [6.45, 7) is 2.23. The molecule has 0 unspecified atom stereocenters. The number of carbonyl (C=O) groups is 2. The second kappa shape index (κ2) is 6.67. The molecule has 0 bridgehead atoms. The van der Waals surface area contributed by atoms with Crippen molar-refractivity contribution in [3.63, 3.8) is 0 Å². The molecule has 5 nitrogen and oxygen atoms in total. The van der Waals surface area contributed by atoms with Crippen LogP contribution in [0.25, 0.3) is 0 Å². The fourth-order valence-corrected chi connectivity index (χ4v) is 2.72. The van der Waals surface area contributed by atoms with Crippen LogP contribution >= 0.6 is 0 Å². The highest BCUT2D eigenvalue weighted by atomic mass is 19.1. The Morgan fingerprint density at radius 2 is 1.86 bits per heavy atom. The zero-order chi connectivity index (χ0) is 15.4. The molecular weight excluding hydrogens is 273 g/mol. The minimum Gasteiger partial charge on any atom is -0.315 e. The van der Waals surface area contributed by atoms with E-state index >= 15 is 0 Å². The number of anilines is 1. The van der Waals surface area contributed by atoms with Crippen LogP contribution in [-0.4, -0.2) is 11.8 Å². The van der Waals surface area contributed by atoms with Crippen LogP contribution in [0.3, 0.4) is 0 Å². The zero-order valence-corrected chi connectivity index (χ0v) is 12.0. The van der Waals surface area contributed by atoms with Crippen LogP contribution in [0.15, 0.2) is 18.2 Å². The Labute approximate surface area is 123 Å². The molecule has 0 saturated heterocycles. The molecule has 1 aliphatic rings. The smallest absolute Gasteiger partial charge is 0.315 e. The monoisotopic (exact) mass is 293 g/mol. The molecule has 0 aromatic heterocycles. The maximum Gasteiger partial charge on any atom is 0.323 e. The lowest BCUT2D eigenvalue weighted by atomic mass is 9.79. The summed E-state index contributed by atoms with van der Waals surface area (Å²) in [4.78, 5) is 22.4. The maximum atomic E-state index is 14.0. The fraction of sp³-hybridized carbons (Fsp3) is 0.467. The Morgan fingerprint density at radius 1 is 1.19 bits per heavy atom. The molecule has 0 aliphatic heterocycles. The Balaban J connectivity index is 2.07. The highest BCUT2D eigenvalue weighted by molar-refractivity contribution is 6.39. The van der Waals surface area contributed by atoms with Gasteiger partial charge in [-0.15, -0.1) is 0 Å². The minimum atomic E-state index is -1.01. The van der Waals surface area contributed by atoms with Gasteiger partial charge < -0.3 is 5.32 Å². The van der Waals surface area contributed by atoms with Gasteiger partial charge in [-0.3, -0.25) is 15.0 Å². The number of amides is 2. The molecule has 21 heavy (non-hydrogen) atoms. The number of carbonyl (C=O) groups excluding carboxylic acids is 2. The SMILES string of the molecule is CC1CCC(c2ccc(NC(=O)C(=O)NN)c(F)c2)CC1. The van der Waals surface area contributed by atoms with Gasteiger partial charge in [0.15, 0.2) is 0 Å². The molecule has 0 radical (unpaired) electrons. The van der Waals surface area contributed by atoms with Gasteiger partial charge in [0.25, 0.3) is 0 Å². The van der Waals surface area contributed by atoms with Crippen molar-refractivity contribution in [2.45, 2.75) is 38.5 Å². The number of hydrogen-bond acceptors (Lipinski definition) is 3. The van der Waals surface area contributed by atoms with Crippen LogP contribution in [-0.2, 0) is 9.59 Å². The molecule has 0 heterocycles. The van der Waals surface area contributed by atoms with Gasteiger partial charge in [-0.1, -0.05) is 25.8 Å². The van der Waals surface area contributed by atoms with E-state index in [-0.39, 0.29) is 5.69 Å². The molecule has 1 aromatic rings. The second-order valence-corrected chi connectivity index (χ2v) is 5.62. The molecule has 1 fully saturated rings. The highest BCUT2D eigenvalue weighted by Crippen LogP contribution is 2.36. The predicted molar refractivity (Wildman–Crippen MR) is 77.7 cm³/mol.